The van der Waals surface area contributed by atoms with Gasteiger partial charge in [0.2, 0.25) is 5.91 Å². The molecule has 0 saturated carbocycles. The minimum atomic E-state index is -4.47. The lowest BCUT2D eigenvalue weighted by Crippen LogP contribution is -2.47. The molecule has 0 aromatic rings. The van der Waals surface area contributed by atoms with Crippen LogP contribution in [0.2, 0.25) is 0 Å². The number of aliphatic hydroxyl groups excluding tert-OH is 1. The highest BCUT2D eigenvalue weighted by atomic mass is 19.4. The molecular formula is C11H20F3N3O3. The summed E-state index contributed by atoms with van der Waals surface area (Å²) in [4.78, 5) is 23.3. The van der Waals surface area contributed by atoms with E-state index in [1.54, 1.807) is 0 Å². The molecule has 0 radical (unpaired) electrons. The maximum absolute atomic E-state index is 12.2. The molecule has 0 unspecified atom stereocenters. The second kappa shape index (κ2) is 9.54. The Hall–Kier alpha value is -1.35. The quantitative estimate of drug-likeness (QED) is 0.569. The normalized spacial score (nSPS) is 11.5. The van der Waals surface area contributed by atoms with E-state index < -0.39 is 37.8 Å². The highest BCUT2D eigenvalue weighted by molar-refractivity contribution is 5.95. The third-order valence-corrected chi connectivity index (χ3v) is 2.26. The molecule has 6 nitrogen and oxygen atoms in total. The topological polar surface area (TPSA) is 81.7 Å². The van der Waals surface area contributed by atoms with E-state index >= 15 is 0 Å². The average molecular weight is 299 g/mol. The van der Waals surface area contributed by atoms with Crippen LogP contribution in [0.4, 0.5) is 18.0 Å². The van der Waals surface area contributed by atoms with Gasteiger partial charge in [-0.1, -0.05) is 13.3 Å². The molecule has 9 heteroatoms. The second-order valence-electron chi connectivity index (χ2n) is 4.21. The molecule has 0 aliphatic heterocycles. The van der Waals surface area contributed by atoms with Crippen LogP contribution in [0.1, 0.15) is 19.8 Å². The molecule has 0 saturated heterocycles. The number of aliphatic hydroxyl groups is 1. The van der Waals surface area contributed by atoms with E-state index in [0.717, 1.165) is 12.8 Å². The number of carbonyl (C=O) groups excluding carboxylic acids is 2. The Kier molecular flexibility index (Phi) is 8.89. The van der Waals surface area contributed by atoms with Crippen molar-refractivity contribution in [3.63, 3.8) is 0 Å². The fourth-order valence-corrected chi connectivity index (χ4v) is 1.40. The Balaban J connectivity index is 4.15. The first-order chi connectivity index (χ1) is 9.28. The predicted molar refractivity (Wildman–Crippen MR) is 66.0 cm³/mol. The van der Waals surface area contributed by atoms with E-state index in [2.05, 4.69) is 5.32 Å². The Bertz CT molecular complexity index is 311. The lowest BCUT2D eigenvalue weighted by Gasteiger charge is -2.21. The summed E-state index contributed by atoms with van der Waals surface area (Å²) < 4.78 is 36.6. The third-order valence-electron chi connectivity index (χ3n) is 2.26. The number of nitrogens with one attached hydrogen (secondary N) is 2. The summed E-state index contributed by atoms with van der Waals surface area (Å²) in [7, 11) is 0. The number of rotatable bonds is 8. The largest absolute Gasteiger partial charge is 0.401 e. The van der Waals surface area contributed by atoms with Crippen molar-refractivity contribution >= 4 is 11.9 Å². The average Bonchev–Trinajstić information content (AvgIpc) is 2.26. The third kappa shape index (κ3) is 10.6. The second-order valence-corrected chi connectivity index (χ2v) is 4.21. The number of nitrogens with zero attached hydrogens (tertiary/aromatic N) is 1. The monoisotopic (exact) mass is 299 g/mol. The first-order valence-corrected chi connectivity index (χ1v) is 6.26. The van der Waals surface area contributed by atoms with Crippen LogP contribution in [-0.2, 0) is 4.79 Å². The van der Waals surface area contributed by atoms with E-state index in [1.165, 1.54) is 0 Å². The molecule has 0 aliphatic rings. The molecule has 0 bridgehead atoms. The van der Waals surface area contributed by atoms with Gasteiger partial charge in [-0.25, -0.2) is 4.79 Å². The van der Waals surface area contributed by atoms with Crippen molar-refractivity contribution in [2.24, 2.45) is 0 Å². The number of carbonyl (C=O) groups is 2. The van der Waals surface area contributed by atoms with Crippen LogP contribution in [-0.4, -0.2) is 60.9 Å². The fraction of sp³-hybridized carbons (Fsp3) is 0.818. The van der Waals surface area contributed by atoms with Crippen LogP contribution in [0.5, 0.6) is 0 Å². The summed E-state index contributed by atoms with van der Waals surface area (Å²) >= 11 is 0. The van der Waals surface area contributed by atoms with Gasteiger partial charge in [0.1, 0.15) is 0 Å². The molecule has 20 heavy (non-hydrogen) atoms. The summed E-state index contributed by atoms with van der Waals surface area (Å²) in [6.45, 7) is -0.427. The standard InChI is InChI=1S/C11H20F3N3O3/c1-2-3-4-15-10(20)16-9(19)7-17(5-6-18)8-11(12,13)14/h18H,2-8H2,1H3,(H2,15,16,19,20). The fourth-order valence-electron chi connectivity index (χ4n) is 1.40. The molecule has 0 spiro atoms. The number of urea groups is 1. The van der Waals surface area contributed by atoms with Gasteiger partial charge < -0.3 is 10.4 Å². The van der Waals surface area contributed by atoms with Crippen molar-refractivity contribution in [1.29, 1.82) is 0 Å². The SMILES string of the molecule is CCCCNC(=O)NC(=O)CN(CCO)CC(F)(F)F. The van der Waals surface area contributed by atoms with Gasteiger partial charge in [0.25, 0.3) is 0 Å². The smallest absolute Gasteiger partial charge is 0.395 e. The van der Waals surface area contributed by atoms with Crippen molar-refractivity contribution in [3.05, 3.63) is 0 Å². The lowest BCUT2D eigenvalue weighted by molar-refractivity contribution is -0.149. The number of alkyl halides is 3. The van der Waals surface area contributed by atoms with Crippen LogP contribution < -0.4 is 10.6 Å². The Morgan fingerprint density at radius 1 is 1.30 bits per heavy atom. The molecule has 118 valence electrons. The lowest BCUT2D eigenvalue weighted by atomic mass is 10.3. The van der Waals surface area contributed by atoms with Crippen LogP contribution in [0.3, 0.4) is 0 Å². The number of hydrogen-bond donors (Lipinski definition) is 3. The minimum absolute atomic E-state index is 0.301. The summed E-state index contributed by atoms with van der Waals surface area (Å²) in [6.07, 6.45) is -2.87. The van der Waals surface area contributed by atoms with Gasteiger partial charge in [-0.05, 0) is 6.42 Å². The molecule has 0 heterocycles. The van der Waals surface area contributed by atoms with Crippen LogP contribution in [0, 0.1) is 0 Å². The molecular weight excluding hydrogens is 279 g/mol. The molecule has 0 atom stereocenters. The van der Waals surface area contributed by atoms with Gasteiger partial charge in [-0.3, -0.25) is 15.0 Å². The zero-order valence-electron chi connectivity index (χ0n) is 11.3. The molecule has 3 N–H and O–H groups in total. The van der Waals surface area contributed by atoms with Crippen molar-refractivity contribution in [2.75, 3.05) is 32.8 Å². The number of unbranched alkanes of at least 4 members (excludes halogenated alkanes) is 1. The Morgan fingerprint density at radius 2 is 1.95 bits per heavy atom. The Morgan fingerprint density at radius 3 is 2.45 bits per heavy atom. The van der Waals surface area contributed by atoms with Gasteiger partial charge in [0.05, 0.1) is 19.7 Å². The number of halogens is 3. The van der Waals surface area contributed by atoms with E-state index in [4.69, 9.17) is 5.11 Å². The number of imide groups is 1. The van der Waals surface area contributed by atoms with Crippen molar-refractivity contribution in [1.82, 2.24) is 15.5 Å². The van der Waals surface area contributed by atoms with Crippen LogP contribution in [0.25, 0.3) is 0 Å². The maximum Gasteiger partial charge on any atom is 0.401 e. The minimum Gasteiger partial charge on any atom is -0.395 e. The molecule has 0 rings (SSSR count). The first-order valence-electron chi connectivity index (χ1n) is 6.26. The molecule has 0 fully saturated rings. The highest BCUT2D eigenvalue weighted by Gasteiger charge is 2.31. The van der Waals surface area contributed by atoms with Crippen molar-refractivity contribution in [2.45, 2.75) is 25.9 Å². The molecule has 3 amide bonds. The molecule has 0 aliphatic carbocycles. The summed E-state index contributed by atoms with van der Waals surface area (Å²) in [5.41, 5.74) is 0. The van der Waals surface area contributed by atoms with Gasteiger partial charge in [0.15, 0.2) is 0 Å². The summed E-state index contributed by atoms with van der Waals surface area (Å²) in [5, 5.41) is 13.0. The van der Waals surface area contributed by atoms with E-state index in [9.17, 15) is 22.8 Å². The maximum atomic E-state index is 12.2. The molecule has 0 aromatic carbocycles. The van der Waals surface area contributed by atoms with Crippen molar-refractivity contribution in [3.8, 4) is 0 Å². The summed E-state index contributed by atoms with van der Waals surface area (Å²) in [5.74, 6) is -0.850. The van der Waals surface area contributed by atoms with Gasteiger partial charge in [-0.2, -0.15) is 13.2 Å². The van der Waals surface area contributed by atoms with Crippen LogP contribution in [0.15, 0.2) is 0 Å². The van der Waals surface area contributed by atoms with E-state index in [-0.39, 0.29) is 6.54 Å². The highest BCUT2D eigenvalue weighted by Crippen LogP contribution is 2.15. The Labute approximate surface area is 115 Å². The van der Waals surface area contributed by atoms with E-state index in [1.807, 2.05) is 12.2 Å². The van der Waals surface area contributed by atoms with Crippen molar-refractivity contribution < 1.29 is 27.9 Å². The van der Waals surface area contributed by atoms with E-state index in [0.29, 0.717) is 11.4 Å². The first kappa shape index (κ1) is 18.7. The van der Waals surface area contributed by atoms with Gasteiger partial charge in [0, 0.05) is 13.1 Å². The predicted octanol–water partition coefficient (Wildman–Crippen LogP) is 0.469. The van der Waals surface area contributed by atoms with Gasteiger partial charge >= 0.3 is 12.2 Å². The summed E-state index contributed by atoms with van der Waals surface area (Å²) in [6, 6.07) is -0.737. The molecule has 0 aromatic heterocycles. The zero-order chi connectivity index (χ0) is 15.6. The zero-order valence-corrected chi connectivity index (χ0v) is 11.3. The number of hydrogen-bond acceptors (Lipinski definition) is 4. The number of amides is 3. The van der Waals surface area contributed by atoms with Crippen LogP contribution >= 0.6 is 0 Å². The van der Waals surface area contributed by atoms with Gasteiger partial charge in [-0.15, -0.1) is 0 Å².